The summed E-state index contributed by atoms with van der Waals surface area (Å²) in [5.74, 6) is 1.07. The van der Waals surface area contributed by atoms with Crippen molar-refractivity contribution >= 4 is 11.6 Å². The summed E-state index contributed by atoms with van der Waals surface area (Å²) in [7, 11) is 0. The third-order valence-electron chi connectivity index (χ3n) is 2.99. The van der Waals surface area contributed by atoms with Gasteiger partial charge in [0.05, 0.1) is 12.5 Å². The van der Waals surface area contributed by atoms with Gasteiger partial charge in [0, 0.05) is 5.02 Å². The first-order chi connectivity index (χ1) is 8.88. The molecule has 1 heterocycles. The van der Waals surface area contributed by atoms with E-state index in [4.69, 9.17) is 21.9 Å². The molecule has 5 heteroatoms. The number of hydrogen-bond acceptors (Lipinski definition) is 4. The highest BCUT2D eigenvalue weighted by atomic mass is 35.5. The van der Waals surface area contributed by atoms with Crippen LogP contribution in [0.5, 0.6) is 0 Å². The van der Waals surface area contributed by atoms with Crippen LogP contribution in [0.2, 0.25) is 5.02 Å². The van der Waals surface area contributed by atoms with Gasteiger partial charge in [-0.15, -0.1) is 0 Å². The molecule has 2 rings (SSSR count). The smallest absolute Gasteiger partial charge is 0.231 e. The van der Waals surface area contributed by atoms with E-state index in [-0.39, 0.29) is 11.5 Å². The van der Waals surface area contributed by atoms with Crippen LogP contribution in [0.4, 0.5) is 0 Å². The Kier molecular flexibility index (Phi) is 3.92. The predicted octanol–water partition coefficient (Wildman–Crippen LogP) is 3.36. The van der Waals surface area contributed by atoms with E-state index >= 15 is 0 Å². The lowest BCUT2D eigenvalue weighted by atomic mass is 9.87. The second-order valence-electron chi connectivity index (χ2n) is 5.66. The van der Waals surface area contributed by atoms with Gasteiger partial charge in [0.15, 0.2) is 5.82 Å². The molecule has 0 amide bonds. The lowest BCUT2D eigenvalue weighted by Gasteiger charge is -2.23. The monoisotopic (exact) mass is 279 g/mol. The quantitative estimate of drug-likeness (QED) is 0.936. The highest BCUT2D eigenvalue weighted by Gasteiger charge is 2.26. The average Bonchev–Trinajstić information content (AvgIpc) is 2.78. The van der Waals surface area contributed by atoms with E-state index < -0.39 is 0 Å². The zero-order valence-electron chi connectivity index (χ0n) is 11.4. The number of nitrogens with zero attached hydrogens (tertiary/aromatic N) is 2. The van der Waals surface area contributed by atoms with E-state index in [0.29, 0.717) is 23.2 Å². The first-order valence-corrected chi connectivity index (χ1v) is 6.57. The summed E-state index contributed by atoms with van der Waals surface area (Å²) in [6, 6.07) is 7.35. The number of halogens is 1. The SMILES string of the molecule is CC(C)(C)C(N)c1noc(Cc2ccccc2Cl)n1. The molecule has 0 saturated carbocycles. The fourth-order valence-electron chi connectivity index (χ4n) is 1.66. The summed E-state index contributed by atoms with van der Waals surface area (Å²) in [6.07, 6.45) is 0.517. The highest BCUT2D eigenvalue weighted by Crippen LogP contribution is 2.28. The van der Waals surface area contributed by atoms with Gasteiger partial charge < -0.3 is 10.3 Å². The molecule has 0 aliphatic rings. The van der Waals surface area contributed by atoms with E-state index in [2.05, 4.69) is 10.1 Å². The maximum atomic E-state index is 6.10. The standard InChI is InChI=1S/C14H18ClN3O/c1-14(2,3)12(16)13-17-11(19-18-13)8-9-6-4-5-7-10(9)15/h4-7,12H,8,16H2,1-3H3. The van der Waals surface area contributed by atoms with E-state index in [9.17, 15) is 0 Å². The Labute approximate surface area is 118 Å². The molecule has 2 N–H and O–H groups in total. The van der Waals surface area contributed by atoms with Crippen LogP contribution >= 0.6 is 11.6 Å². The van der Waals surface area contributed by atoms with Gasteiger partial charge in [-0.2, -0.15) is 4.98 Å². The van der Waals surface area contributed by atoms with Crippen LogP contribution in [0.15, 0.2) is 28.8 Å². The highest BCUT2D eigenvalue weighted by molar-refractivity contribution is 6.31. The first-order valence-electron chi connectivity index (χ1n) is 6.19. The van der Waals surface area contributed by atoms with Crippen molar-refractivity contribution in [2.45, 2.75) is 33.2 Å². The van der Waals surface area contributed by atoms with Crippen LogP contribution in [0.3, 0.4) is 0 Å². The minimum Gasteiger partial charge on any atom is -0.339 e. The van der Waals surface area contributed by atoms with Crippen molar-refractivity contribution in [1.82, 2.24) is 10.1 Å². The minimum absolute atomic E-state index is 0.106. The average molecular weight is 280 g/mol. The third-order valence-corrected chi connectivity index (χ3v) is 3.36. The summed E-state index contributed by atoms with van der Waals surface area (Å²) in [5.41, 5.74) is 6.95. The fourth-order valence-corrected chi connectivity index (χ4v) is 1.86. The molecule has 0 spiro atoms. The van der Waals surface area contributed by atoms with Crippen molar-refractivity contribution in [3.8, 4) is 0 Å². The first kappa shape index (κ1) is 14.0. The molecule has 19 heavy (non-hydrogen) atoms. The maximum absolute atomic E-state index is 6.10. The van der Waals surface area contributed by atoms with E-state index in [0.717, 1.165) is 5.56 Å². The maximum Gasteiger partial charge on any atom is 0.231 e. The Morgan fingerprint density at radius 2 is 2.00 bits per heavy atom. The molecule has 0 aliphatic carbocycles. The van der Waals surface area contributed by atoms with Gasteiger partial charge in [-0.25, -0.2) is 0 Å². The summed E-state index contributed by atoms with van der Waals surface area (Å²) in [5, 5.41) is 4.65. The minimum atomic E-state index is -0.253. The van der Waals surface area contributed by atoms with Crippen LogP contribution in [0, 0.1) is 5.41 Å². The molecule has 1 aromatic heterocycles. The van der Waals surface area contributed by atoms with E-state index in [1.165, 1.54) is 0 Å². The number of hydrogen-bond donors (Lipinski definition) is 1. The van der Waals surface area contributed by atoms with Crippen LogP contribution < -0.4 is 5.73 Å². The lowest BCUT2D eigenvalue weighted by molar-refractivity contribution is 0.301. The summed E-state index contributed by atoms with van der Waals surface area (Å²) < 4.78 is 5.24. The molecular weight excluding hydrogens is 262 g/mol. The normalized spacial score (nSPS) is 13.5. The van der Waals surface area contributed by atoms with Gasteiger partial charge in [0.1, 0.15) is 0 Å². The molecule has 2 aromatic rings. The molecular formula is C14H18ClN3O. The lowest BCUT2D eigenvalue weighted by Crippen LogP contribution is -2.27. The van der Waals surface area contributed by atoms with Gasteiger partial charge in [-0.05, 0) is 17.0 Å². The Morgan fingerprint density at radius 3 is 2.63 bits per heavy atom. The fraction of sp³-hybridized carbons (Fsp3) is 0.429. The molecule has 102 valence electrons. The van der Waals surface area contributed by atoms with Gasteiger partial charge in [-0.1, -0.05) is 55.7 Å². The molecule has 0 radical (unpaired) electrons. The number of benzene rings is 1. The van der Waals surface area contributed by atoms with Crippen molar-refractivity contribution < 1.29 is 4.52 Å². The van der Waals surface area contributed by atoms with E-state index in [1.807, 2.05) is 45.0 Å². The van der Waals surface area contributed by atoms with Crippen LogP contribution in [-0.2, 0) is 6.42 Å². The Bertz CT molecular complexity index is 560. The van der Waals surface area contributed by atoms with Crippen LogP contribution in [0.1, 0.15) is 44.1 Å². The summed E-state index contributed by atoms with van der Waals surface area (Å²) in [4.78, 5) is 4.35. The zero-order valence-corrected chi connectivity index (χ0v) is 12.1. The van der Waals surface area contributed by atoms with Crippen molar-refractivity contribution in [3.05, 3.63) is 46.6 Å². The zero-order chi connectivity index (χ0) is 14.0. The van der Waals surface area contributed by atoms with Crippen molar-refractivity contribution in [2.75, 3.05) is 0 Å². The number of nitrogens with two attached hydrogens (primary N) is 1. The molecule has 1 aromatic carbocycles. The largest absolute Gasteiger partial charge is 0.339 e. The van der Waals surface area contributed by atoms with Crippen molar-refractivity contribution in [2.24, 2.45) is 11.1 Å². The van der Waals surface area contributed by atoms with Gasteiger partial charge in [0.25, 0.3) is 0 Å². The summed E-state index contributed by atoms with van der Waals surface area (Å²) >= 11 is 6.10. The molecule has 0 bridgehead atoms. The molecule has 1 atom stereocenters. The third kappa shape index (κ3) is 3.33. The van der Waals surface area contributed by atoms with E-state index in [1.54, 1.807) is 0 Å². The van der Waals surface area contributed by atoms with Gasteiger partial charge in [0.2, 0.25) is 5.89 Å². The summed E-state index contributed by atoms with van der Waals surface area (Å²) in [6.45, 7) is 6.13. The molecule has 0 saturated heterocycles. The Balaban J connectivity index is 2.16. The molecule has 1 unspecified atom stereocenters. The second kappa shape index (κ2) is 5.31. The molecule has 4 nitrogen and oxygen atoms in total. The van der Waals surface area contributed by atoms with Crippen LogP contribution in [0.25, 0.3) is 0 Å². The van der Waals surface area contributed by atoms with Gasteiger partial charge in [-0.3, -0.25) is 0 Å². The van der Waals surface area contributed by atoms with Gasteiger partial charge >= 0.3 is 0 Å². The Hall–Kier alpha value is -1.39. The molecule has 0 fully saturated rings. The van der Waals surface area contributed by atoms with Crippen molar-refractivity contribution in [1.29, 1.82) is 0 Å². The molecule has 0 aliphatic heterocycles. The Morgan fingerprint density at radius 1 is 1.32 bits per heavy atom. The van der Waals surface area contributed by atoms with Crippen LogP contribution in [-0.4, -0.2) is 10.1 Å². The number of rotatable bonds is 3. The predicted molar refractivity (Wildman–Crippen MR) is 74.9 cm³/mol. The topological polar surface area (TPSA) is 64.9 Å². The van der Waals surface area contributed by atoms with Crippen molar-refractivity contribution in [3.63, 3.8) is 0 Å². The number of aromatic nitrogens is 2. The second-order valence-corrected chi connectivity index (χ2v) is 6.07.